The number of aromatic hydroxyl groups is 2. The Balaban J connectivity index is 0.000000424. The second-order valence-corrected chi connectivity index (χ2v) is 2.40. The van der Waals surface area contributed by atoms with Crippen LogP contribution >= 0.6 is 0 Å². The van der Waals surface area contributed by atoms with Crippen LogP contribution in [-0.2, 0) is 11.2 Å². The summed E-state index contributed by atoms with van der Waals surface area (Å²) in [5, 5.41) is 18.1. The molecule has 0 fully saturated rings. The number of carbonyl (C=O) groups is 1. The number of hydrogen-bond acceptors (Lipinski definition) is 3. The highest BCUT2D eigenvalue weighted by atomic mass is 16.3. The molecule has 0 unspecified atom stereocenters. The molecule has 0 aliphatic rings. The van der Waals surface area contributed by atoms with E-state index in [1.54, 1.807) is 6.07 Å². The quantitative estimate of drug-likeness (QED) is 0.515. The lowest BCUT2D eigenvalue weighted by atomic mass is 10.1. The van der Waals surface area contributed by atoms with Crippen LogP contribution in [-0.4, -0.2) is 16.5 Å². The van der Waals surface area contributed by atoms with Crippen LogP contribution in [0.15, 0.2) is 18.2 Å². The average Bonchev–Trinajstić information content (AvgIpc) is 2.10. The van der Waals surface area contributed by atoms with Gasteiger partial charge < -0.3 is 15.0 Å². The molecule has 0 amide bonds. The molecule has 0 aliphatic carbocycles. The molecule has 1 aromatic rings. The Hall–Kier alpha value is -1.51. The van der Waals surface area contributed by atoms with Crippen molar-refractivity contribution < 1.29 is 15.0 Å². The molecule has 0 aliphatic heterocycles. The molecule has 0 aromatic heterocycles. The third-order valence-corrected chi connectivity index (χ3v) is 1.44. The normalized spacial score (nSPS) is 8.46. The highest BCUT2D eigenvalue weighted by molar-refractivity contribution is 5.44. The molecule has 0 saturated heterocycles. The summed E-state index contributed by atoms with van der Waals surface area (Å²) >= 11 is 0. The summed E-state index contributed by atoms with van der Waals surface area (Å²) in [6, 6.07) is 4.53. The Kier molecular flexibility index (Phi) is 5.35. The summed E-state index contributed by atoms with van der Waals surface area (Å²) in [6.45, 7) is 3.37. The number of rotatable bonds is 1. The zero-order chi connectivity index (χ0) is 10.3. The van der Waals surface area contributed by atoms with Crippen LogP contribution in [0.2, 0.25) is 0 Å². The Morgan fingerprint density at radius 3 is 2.31 bits per heavy atom. The predicted octanol–water partition coefficient (Wildman–Crippen LogP) is 1.87. The molecule has 1 rings (SSSR count). The third kappa shape index (κ3) is 4.15. The van der Waals surface area contributed by atoms with Crippen LogP contribution < -0.4 is 0 Å². The van der Waals surface area contributed by atoms with Gasteiger partial charge in [-0.3, -0.25) is 0 Å². The van der Waals surface area contributed by atoms with Crippen LogP contribution in [0.3, 0.4) is 0 Å². The number of phenols is 2. The summed E-state index contributed by atoms with van der Waals surface area (Å²) in [6.07, 6.45) is 1.49. The van der Waals surface area contributed by atoms with Gasteiger partial charge in [-0.25, -0.2) is 0 Å². The predicted molar refractivity (Wildman–Crippen MR) is 50.9 cm³/mol. The number of hydrogen-bond donors (Lipinski definition) is 2. The molecule has 0 radical (unpaired) electrons. The van der Waals surface area contributed by atoms with Crippen LogP contribution in [0.1, 0.15) is 19.4 Å². The molecule has 3 heteroatoms. The Morgan fingerprint density at radius 2 is 1.92 bits per heavy atom. The van der Waals surface area contributed by atoms with Crippen LogP contribution in [0, 0.1) is 0 Å². The van der Waals surface area contributed by atoms with Gasteiger partial charge in [-0.1, -0.05) is 6.92 Å². The molecule has 0 spiro atoms. The first-order valence-corrected chi connectivity index (χ1v) is 4.06. The topological polar surface area (TPSA) is 57.5 Å². The first kappa shape index (κ1) is 11.5. The van der Waals surface area contributed by atoms with Crippen molar-refractivity contribution in [1.82, 2.24) is 0 Å². The van der Waals surface area contributed by atoms with E-state index < -0.39 is 0 Å². The number of benzene rings is 1. The summed E-state index contributed by atoms with van der Waals surface area (Å²) in [5.41, 5.74) is 0.778. The van der Waals surface area contributed by atoms with E-state index in [0.717, 1.165) is 18.3 Å². The molecule has 3 nitrogen and oxygen atoms in total. The molecule has 1 aromatic carbocycles. The molecule has 13 heavy (non-hydrogen) atoms. The zero-order valence-electron chi connectivity index (χ0n) is 7.82. The van der Waals surface area contributed by atoms with E-state index >= 15 is 0 Å². The molecule has 0 atom stereocenters. The van der Waals surface area contributed by atoms with Gasteiger partial charge in [-0.05, 0) is 37.1 Å². The monoisotopic (exact) mass is 182 g/mol. The van der Waals surface area contributed by atoms with Crippen molar-refractivity contribution in [1.29, 1.82) is 0 Å². The van der Waals surface area contributed by atoms with Crippen molar-refractivity contribution in [2.24, 2.45) is 0 Å². The van der Waals surface area contributed by atoms with Gasteiger partial charge in [0, 0.05) is 0 Å². The Morgan fingerprint density at radius 1 is 1.38 bits per heavy atom. The second kappa shape index (κ2) is 6.06. The van der Waals surface area contributed by atoms with Gasteiger partial charge >= 0.3 is 0 Å². The number of aldehydes is 1. The molecular formula is C10H14O3. The minimum absolute atomic E-state index is 0.203. The van der Waals surface area contributed by atoms with E-state index in [2.05, 4.69) is 0 Å². The average molecular weight is 182 g/mol. The van der Waals surface area contributed by atoms with Crippen molar-refractivity contribution in [2.45, 2.75) is 20.3 Å². The minimum Gasteiger partial charge on any atom is -0.508 e. The van der Waals surface area contributed by atoms with Crippen LogP contribution in [0.5, 0.6) is 11.5 Å². The van der Waals surface area contributed by atoms with Gasteiger partial charge in [-0.2, -0.15) is 0 Å². The summed E-state index contributed by atoms with van der Waals surface area (Å²) in [4.78, 5) is 8.81. The van der Waals surface area contributed by atoms with E-state index in [1.165, 1.54) is 19.1 Å². The zero-order valence-corrected chi connectivity index (χ0v) is 7.82. The summed E-state index contributed by atoms with van der Waals surface area (Å²) in [7, 11) is 0. The maximum Gasteiger partial charge on any atom is 0.119 e. The second-order valence-electron chi connectivity index (χ2n) is 2.40. The van der Waals surface area contributed by atoms with Crippen LogP contribution in [0.4, 0.5) is 0 Å². The van der Waals surface area contributed by atoms with Crippen molar-refractivity contribution in [3.8, 4) is 11.5 Å². The summed E-state index contributed by atoms with van der Waals surface area (Å²) < 4.78 is 0. The van der Waals surface area contributed by atoms with Crippen molar-refractivity contribution >= 4 is 6.29 Å². The van der Waals surface area contributed by atoms with Gasteiger partial charge in [0.25, 0.3) is 0 Å². The SMILES string of the molecule is CC=O.CCc1cc(O)ccc1O. The fourth-order valence-corrected chi connectivity index (χ4v) is 0.855. The summed E-state index contributed by atoms with van der Waals surface area (Å²) in [5.74, 6) is 0.454. The van der Waals surface area contributed by atoms with Gasteiger partial charge in [0.05, 0.1) is 0 Å². The van der Waals surface area contributed by atoms with E-state index in [-0.39, 0.29) is 11.5 Å². The van der Waals surface area contributed by atoms with Gasteiger partial charge in [-0.15, -0.1) is 0 Å². The lowest BCUT2D eigenvalue weighted by Gasteiger charge is -2.00. The van der Waals surface area contributed by atoms with Crippen molar-refractivity contribution in [3.05, 3.63) is 23.8 Å². The lowest BCUT2D eigenvalue weighted by molar-refractivity contribution is -0.106. The largest absolute Gasteiger partial charge is 0.508 e. The standard InChI is InChI=1S/C8H10O2.C2H4O/c1-2-6-5-7(9)3-4-8(6)10;1-2-3/h3-5,9-10H,2H2,1H3;2H,1H3. The molecule has 0 bridgehead atoms. The highest BCUT2D eigenvalue weighted by Gasteiger charge is 1.97. The van der Waals surface area contributed by atoms with E-state index in [4.69, 9.17) is 15.0 Å². The fraction of sp³-hybridized carbons (Fsp3) is 0.300. The maximum atomic E-state index is 9.12. The third-order valence-electron chi connectivity index (χ3n) is 1.44. The van der Waals surface area contributed by atoms with Gasteiger partial charge in [0.15, 0.2) is 0 Å². The Labute approximate surface area is 77.6 Å². The molecular weight excluding hydrogens is 168 g/mol. The van der Waals surface area contributed by atoms with Gasteiger partial charge in [0.1, 0.15) is 17.8 Å². The first-order valence-electron chi connectivity index (χ1n) is 4.06. The number of carbonyl (C=O) groups excluding carboxylic acids is 1. The van der Waals surface area contributed by atoms with E-state index in [9.17, 15) is 0 Å². The van der Waals surface area contributed by atoms with Crippen molar-refractivity contribution in [3.63, 3.8) is 0 Å². The maximum absolute atomic E-state index is 9.12. The minimum atomic E-state index is 0.203. The number of phenolic OH excluding ortho intramolecular Hbond substituents is 2. The fourth-order valence-electron chi connectivity index (χ4n) is 0.855. The lowest BCUT2D eigenvalue weighted by Crippen LogP contribution is -1.79. The number of aryl methyl sites for hydroxylation is 1. The van der Waals surface area contributed by atoms with E-state index in [1.807, 2.05) is 6.92 Å². The first-order chi connectivity index (χ1) is 6.15. The van der Waals surface area contributed by atoms with Crippen LogP contribution in [0.25, 0.3) is 0 Å². The van der Waals surface area contributed by atoms with E-state index in [0.29, 0.717) is 0 Å². The molecule has 2 N–H and O–H groups in total. The smallest absolute Gasteiger partial charge is 0.119 e. The Bertz CT molecular complexity index is 269. The van der Waals surface area contributed by atoms with Gasteiger partial charge in [0.2, 0.25) is 0 Å². The molecule has 0 saturated carbocycles. The molecule has 72 valence electrons. The van der Waals surface area contributed by atoms with Crippen molar-refractivity contribution in [2.75, 3.05) is 0 Å². The molecule has 0 heterocycles. The highest BCUT2D eigenvalue weighted by Crippen LogP contribution is 2.21.